The van der Waals surface area contributed by atoms with Crippen molar-refractivity contribution in [2.45, 2.75) is 20.5 Å². The summed E-state index contributed by atoms with van der Waals surface area (Å²) in [5.41, 5.74) is 3.11. The van der Waals surface area contributed by atoms with Gasteiger partial charge in [0.1, 0.15) is 6.61 Å². The summed E-state index contributed by atoms with van der Waals surface area (Å²) in [6.07, 6.45) is 0. The van der Waals surface area contributed by atoms with Crippen LogP contribution in [0.5, 0.6) is 0 Å². The maximum absolute atomic E-state index is 12.7. The minimum absolute atomic E-state index is 0.00762. The number of para-hydroxylation sites is 1. The first-order valence-electron chi connectivity index (χ1n) is 9.46. The zero-order valence-electron chi connectivity index (χ0n) is 16.8. The van der Waals surface area contributed by atoms with Gasteiger partial charge in [0.05, 0.1) is 22.5 Å². The number of hydrogen-bond donors (Lipinski definition) is 0. The molecule has 0 N–H and O–H groups in total. The number of nitrogens with zero attached hydrogens (tertiary/aromatic N) is 3. The number of aryl methyl sites for hydroxylation is 1. The lowest BCUT2D eigenvalue weighted by Crippen LogP contribution is -2.22. The number of fused-ring (bicyclic) bond motifs is 1. The average molecular weight is 452 g/mol. The van der Waals surface area contributed by atoms with E-state index in [2.05, 4.69) is 9.97 Å². The number of ether oxygens (including phenoxy) is 1. The molecule has 8 heteroatoms. The van der Waals surface area contributed by atoms with Gasteiger partial charge in [0.2, 0.25) is 5.91 Å². The number of pyridine rings is 1. The molecule has 2 heterocycles. The van der Waals surface area contributed by atoms with Crippen LogP contribution in [-0.2, 0) is 16.1 Å². The molecular formula is C23H18ClN3O3S. The Kier molecular flexibility index (Phi) is 5.97. The minimum atomic E-state index is -0.450. The van der Waals surface area contributed by atoms with Crippen LogP contribution in [0, 0.1) is 6.92 Å². The fraction of sp³-hybridized carbons (Fsp3) is 0.130. The number of carbonyl (C=O) groups is 2. The number of carbonyl (C=O) groups excluding carboxylic acids is 2. The van der Waals surface area contributed by atoms with E-state index in [0.717, 1.165) is 16.6 Å². The Morgan fingerprint density at radius 2 is 1.90 bits per heavy atom. The maximum Gasteiger partial charge on any atom is 0.339 e. The fourth-order valence-corrected chi connectivity index (χ4v) is 4.26. The van der Waals surface area contributed by atoms with Gasteiger partial charge in [-0.15, -0.1) is 11.3 Å². The number of hydrogen-bond acceptors (Lipinski definition) is 6. The number of anilines is 2. The molecule has 4 rings (SSSR count). The molecule has 2 aromatic heterocycles. The Morgan fingerprint density at radius 1 is 1.10 bits per heavy atom. The van der Waals surface area contributed by atoms with E-state index in [1.165, 1.54) is 23.2 Å². The van der Waals surface area contributed by atoms with Crippen LogP contribution in [0.1, 0.15) is 28.7 Å². The van der Waals surface area contributed by atoms with E-state index in [1.54, 1.807) is 35.7 Å². The van der Waals surface area contributed by atoms with Gasteiger partial charge in [0.25, 0.3) is 0 Å². The van der Waals surface area contributed by atoms with Crippen molar-refractivity contribution < 1.29 is 14.3 Å². The zero-order chi connectivity index (χ0) is 22.0. The molecule has 0 saturated carbocycles. The molecule has 0 spiro atoms. The van der Waals surface area contributed by atoms with Crippen LogP contribution in [-0.4, -0.2) is 21.8 Å². The highest BCUT2D eigenvalue weighted by atomic mass is 35.5. The lowest BCUT2D eigenvalue weighted by Gasteiger charge is -2.18. The lowest BCUT2D eigenvalue weighted by atomic mass is 10.1. The second kappa shape index (κ2) is 8.83. The summed E-state index contributed by atoms with van der Waals surface area (Å²) in [7, 11) is 0. The van der Waals surface area contributed by atoms with Crippen molar-refractivity contribution in [3.63, 3.8) is 0 Å². The van der Waals surface area contributed by atoms with Crippen molar-refractivity contribution in [1.82, 2.24) is 9.97 Å². The van der Waals surface area contributed by atoms with Gasteiger partial charge < -0.3 is 4.74 Å². The Balaban J connectivity index is 1.53. The number of halogens is 1. The molecule has 0 aliphatic carbocycles. The quantitative estimate of drug-likeness (QED) is 0.364. The molecule has 31 heavy (non-hydrogen) atoms. The molecule has 0 bridgehead atoms. The topological polar surface area (TPSA) is 72.4 Å². The fourth-order valence-electron chi connectivity index (χ4n) is 3.20. The molecule has 1 amide bonds. The summed E-state index contributed by atoms with van der Waals surface area (Å²) in [5.74, 6) is -0.645. The molecule has 0 fully saturated rings. The molecular weight excluding hydrogens is 434 g/mol. The number of rotatable bonds is 5. The molecule has 0 unspecified atom stereocenters. The third kappa shape index (κ3) is 4.57. The Bertz CT molecular complexity index is 1290. The third-order valence-electron chi connectivity index (χ3n) is 4.53. The average Bonchev–Trinajstić information content (AvgIpc) is 3.19. The SMILES string of the molecule is CC(=O)N(c1cccc(Cl)c1)c1nc(COC(=O)c2cc(C)nc3ccccc23)cs1. The Labute approximate surface area is 188 Å². The molecule has 4 aromatic rings. The molecule has 0 radical (unpaired) electrons. The van der Waals surface area contributed by atoms with Crippen LogP contribution < -0.4 is 4.90 Å². The van der Waals surface area contributed by atoms with Gasteiger partial charge in [-0.2, -0.15) is 0 Å². The summed E-state index contributed by atoms with van der Waals surface area (Å²) in [4.78, 5) is 35.4. The first kappa shape index (κ1) is 21.0. The normalized spacial score (nSPS) is 10.8. The number of esters is 1. The minimum Gasteiger partial charge on any atom is -0.456 e. The lowest BCUT2D eigenvalue weighted by molar-refractivity contribution is -0.115. The summed E-state index contributed by atoms with van der Waals surface area (Å²) < 4.78 is 5.51. The van der Waals surface area contributed by atoms with Gasteiger partial charge in [-0.25, -0.2) is 9.78 Å². The van der Waals surface area contributed by atoms with E-state index in [4.69, 9.17) is 16.3 Å². The van der Waals surface area contributed by atoms with Crippen molar-refractivity contribution in [1.29, 1.82) is 0 Å². The van der Waals surface area contributed by atoms with Crippen molar-refractivity contribution in [2.24, 2.45) is 0 Å². The molecule has 2 aromatic carbocycles. The number of benzene rings is 2. The number of aromatic nitrogens is 2. The maximum atomic E-state index is 12.7. The highest BCUT2D eigenvalue weighted by molar-refractivity contribution is 7.14. The summed E-state index contributed by atoms with van der Waals surface area (Å²) in [6, 6.07) is 16.1. The van der Waals surface area contributed by atoms with Crippen molar-refractivity contribution in [2.75, 3.05) is 4.90 Å². The van der Waals surface area contributed by atoms with Gasteiger partial charge in [-0.3, -0.25) is 14.7 Å². The molecule has 0 saturated heterocycles. The van der Waals surface area contributed by atoms with Crippen LogP contribution >= 0.6 is 22.9 Å². The highest BCUT2D eigenvalue weighted by Gasteiger charge is 2.19. The van der Waals surface area contributed by atoms with Crippen LogP contribution in [0.4, 0.5) is 10.8 Å². The van der Waals surface area contributed by atoms with Crippen molar-refractivity contribution in [3.8, 4) is 0 Å². The van der Waals surface area contributed by atoms with Crippen LogP contribution in [0.15, 0.2) is 60.0 Å². The van der Waals surface area contributed by atoms with E-state index in [9.17, 15) is 9.59 Å². The van der Waals surface area contributed by atoms with Crippen molar-refractivity contribution in [3.05, 3.63) is 82.0 Å². The summed E-state index contributed by atoms with van der Waals surface area (Å²) in [5, 5.41) is 3.50. The van der Waals surface area contributed by atoms with Crippen molar-refractivity contribution >= 4 is 56.5 Å². The predicted molar refractivity (Wildman–Crippen MR) is 122 cm³/mol. The molecule has 0 atom stereocenters. The monoisotopic (exact) mass is 451 g/mol. The van der Waals surface area contributed by atoms with E-state index in [0.29, 0.717) is 27.1 Å². The summed E-state index contributed by atoms with van der Waals surface area (Å²) in [6.45, 7) is 3.29. The van der Waals surface area contributed by atoms with Gasteiger partial charge in [0, 0.05) is 28.4 Å². The standard InChI is InChI=1S/C23H18ClN3O3S/c1-14-10-20(19-8-3-4-9-21(19)25-14)22(29)30-12-17-13-31-23(26-17)27(15(2)28)18-7-5-6-16(24)11-18/h3-11,13H,12H2,1-2H3. The number of thiazole rings is 1. The van der Waals surface area contributed by atoms with E-state index >= 15 is 0 Å². The van der Waals surface area contributed by atoms with Crippen LogP contribution in [0.25, 0.3) is 10.9 Å². The Morgan fingerprint density at radius 3 is 2.68 bits per heavy atom. The van der Waals surface area contributed by atoms with Gasteiger partial charge in [0.15, 0.2) is 5.13 Å². The molecule has 0 aliphatic heterocycles. The summed E-state index contributed by atoms with van der Waals surface area (Å²) >= 11 is 7.35. The van der Waals surface area contributed by atoms with E-state index < -0.39 is 5.97 Å². The van der Waals surface area contributed by atoms with Gasteiger partial charge >= 0.3 is 5.97 Å². The zero-order valence-corrected chi connectivity index (χ0v) is 18.4. The second-order valence-corrected chi connectivity index (χ2v) is 8.13. The largest absolute Gasteiger partial charge is 0.456 e. The second-order valence-electron chi connectivity index (χ2n) is 6.86. The first-order chi connectivity index (χ1) is 14.9. The highest BCUT2D eigenvalue weighted by Crippen LogP contribution is 2.30. The predicted octanol–water partition coefficient (Wildman–Crippen LogP) is 5.69. The smallest absolute Gasteiger partial charge is 0.339 e. The molecule has 156 valence electrons. The molecule has 6 nitrogen and oxygen atoms in total. The van der Waals surface area contributed by atoms with Crippen LogP contribution in [0.3, 0.4) is 0 Å². The van der Waals surface area contributed by atoms with Gasteiger partial charge in [-0.05, 0) is 37.3 Å². The van der Waals surface area contributed by atoms with E-state index in [-0.39, 0.29) is 12.5 Å². The Hall–Kier alpha value is -3.29. The van der Waals surface area contributed by atoms with E-state index in [1.807, 2.05) is 31.2 Å². The van der Waals surface area contributed by atoms with Crippen LogP contribution in [0.2, 0.25) is 5.02 Å². The number of amides is 1. The first-order valence-corrected chi connectivity index (χ1v) is 10.7. The molecule has 0 aliphatic rings. The van der Waals surface area contributed by atoms with Gasteiger partial charge in [-0.1, -0.05) is 35.9 Å². The third-order valence-corrected chi connectivity index (χ3v) is 5.64.